The third kappa shape index (κ3) is 4.30. The van der Waals surface area contributed by atoms with E-state index in [0.29, 0.717) is 0 Å². The van der Waals surface area contributed by atoms with Gasteiger partial charge in [-0.2, -0.15) is 5.26 Å². The van der Waals surface area contributed by atoms with Gasteiger partial charge < -0.3 is 5.32 Å². The predicted octanol–water partition coefficient (Wildman–Crippen LogP) is 3.22. The van der Waals surface area contributed by atoms with Crippen LogP contribution in [-0.4, -0.2) is 23.3 Å². The number of thiazole rings is 1. The molecule has 0 spiro atoms. The molecule has 0 bridgehead atoms. The first kappa shape index (κ1) is 14.5. The minimum Gasteiger partial charge on any atom is -0.302 e. The number of aryl methyl sites for hydroxylation is 1. The first-order chi connectivity index (χ1) is 8.15. The molecule has 0 saturated carbocycles. The number of thioether (sulfide) groups is 1. The highest BCUT2D eigenvalue weighted by molar-refractivity contribution is 8.00. The highest BCUT2D eigenvalue weighted by atomic mass is 32.2. The van der Waals surface area contributed by atoms with E-state index >= 15 is 0 Å². The topological polar surface area (TPSA) is 48.7 Å². The molecular formula is C12H19N3S2. The fraction of sp³-hybridized carbons (Fsp3) is 0.667. The normalized spacial score (nSPS) is 14.2. The molecule has 1 rings (SSSR count). The summed E-state index contributed by atoms with van der Waals surface area (Å²) in [4.78, 5) is 4.41. The SMILES string of the molecule is CCC(C#N)(CCCSc1nc(C)cs1)NC. The number of aromatic nitrogens is 1. The van der Waals surface area contributed by atoms with E-state index in [2.05, 4.69) is 28.7 Å². The molecule has 1 unspecified atom stereocenters. The summed E-state index contributed by atoms with van der Waals surface area (Å²) >= 11 is 3.48. The fourth-order valence-corrected chi connectivity index (χ4v) is 3.46. The van der Waals surface area contributed by atoms with Crippen LogP contribution in [0.4, 0.5) is 0 Å². The van der Waals surface area contributed by atoms with E-state index in [-0.39, 0.29) is 5.54 Å². The standard InChI is InChI=1S/C12H19N3S2/c1-4-12(9-13,14-3)6-5-7-16-11-15-10(2)8-17-11/h8,14H,4-7H2,1-3H3. The Morgan fingerprint density at radius 2 is 2.41 bits per heavy atom. The Balaban J connectivity index is 2.30. The zero-order valence-corrected chi connectivity index (χ0v) is 12.2. The van der Waals surface area contributed by atoms with Gasteiger partial charge in [0.15, 0.2) is 0 Å². The number of nitrogens with one attached hydrogen (secondary N) is 1. The molecule has 3 nitrogen and oxygen atoms in total. The monoisotopic (exact) mass is 269 g/mol. The second-order valence-corrected chi connectivity index (χ2v) is 6.20. The van der Waals surface area contributed by atoms with Crippen molar-refractivity contribution < 1.29 is 0 Å². The summed E-state index contributed by atoms with van der Waals surface area (Å²) in [6, 6.07) is 2.38. The Morgan fingerprint density at radius 1 is 1.65 bits per heavy atom. The number of hydrogen-bond donors (Lipinski definition) is 1. The maximum atomic E-state index is 9.17. The van der Waals surface area contributed by atoms with Crippen LogP contribution < -0.4 is 5.32 Å². The average molecular weight is 269 g/mol. The van der Waals surface area contributed by atoms with Crippen LogP contribution >= 0.6 is 23.1 Å². The van der Waals surface area contributed by atoms with Crippen molar-refractivity contribution in [3.05, 3.63) is 11.1 Å². The Bertz CT molecular complexity index is 377. The molecule has 1 aromatic rings. The van der Waals surface area contributed by atoms with Crippen molar-refractivity contribution in [2.24, 2.45) is 0 Å². The lowest BCUT2D eigenvalue weighted by Gasteiger charge is -2.24. The minimum atomic E-state index is -0.348. The van der Waals surface area contributed by atoms with E-state index in [1.807, 2.05) is 14.0 Å². The van der Waals surface area contributed by atoms with Crippen LogP contribution in [0.25, 0.3) is 0 Å². The Hall–Kier alpha value is -0.570. The molecule has 0 aliphatic rings. The summed E-state index contributed by atoms with van der Waals surface area (Å²) in [6.07, 6.45) is 2.78. The molecule has 0 fully saturated rings. The van der Waals surface area contributed by atoms with Gasteiger partial charge in [0.2, 0.25) is 0 Å². The minimum absolute atomic E-state index is 0.348. The molecule has 0 aromatic carbocycles. The largest absolute Gasteiger partial charge is 0.302 e. The van der Waals surface area contributed by atoms with Gasteiger partial charge in [0, 0.05) is 16.8 Å². The van der Waals surface area contributed by atoms with E-state index in [4.69, 9.17) is 5.26 Å². The highest BCUT2D eigenvalue weighted by Gasteiger charge is 2.24. The maximum Gasteiger partial charge on any atom is 0.150 e. The van der Waals surface area contributed by atoms with Crippen LogP contribution in [0.2, 0.25) is 0 Å². The van der Waals surface area contributed by atoms with Gasteiger partial charge in [0.05, 0.1) is 6.07 Å². The molecule has 94 valence electrons. The van der Waals surface area contributed by atoms with E-state index in [1.54, 1.807) is 23.1 Å². The lowest BCUT2D eigenvalue weighted by molar-refractivity contribution is 0.400. The maximum absolute atomic E-state index is 9.17. The van der Waals surface area contributed by atoms with Gasteiger partial charge in [-0.25, -0.2) is 4.98 Å². The van der Waals surface area contributed by atoms with Crippen LogP contribution in [0.1, 0.15) is 31.9 Å². The van der Waals surface area contributed by atoms with Crippen LogP contribution in [0.15, 0.2) is 9.72 Å². The summed E-state index contributed by atoms with van der Waals surface area (Å²) in [5, 5.41) is 14.4. The molecule has 0 aliphatic heterocycles. The Morgan fingerprint density at radius 3 is 2.88 bits per heavy atom. The van der Waals surface area contributed by atoms with E-state index < -0.39 is 0 Å². The smallest absolute Gasteiger partial charge is 0.150 e. The van der Waals surface area contributed by atoms with Gasteiger partial charge in [0.1, 0.15) is 9.88 Å². The zero-order valence-electron chi connectivity index (χ0n) is 10.6. The molecule has 0 saturated heterocycles. The molecule has 0 aliphatic carbocycles. The molecule has 0 radical (unpaired) electrons. The van der Waals surface area contributed by atoms with Crippen LogP contribution in [-0.2, 0) is 0 Å². The Labute approximate surface area is 112 Å². The van der Waals surface area contributed by atoms with E-state index in [9.17, 15) is 0 Å². The number of nitriles is 1. The molecule has 1 N–H and O–H groups in total. The second-order valence-electron chi connectivity index (χ2n) is 4.00. The lowest BCUT2D eigenvalue weighted by Crippen LogP contribution is -2.40. The lowest BCUT2D eigenvalue weighted by atomic mass is 9.93. The molecule has 17 heavy (non-hydrogen) atoms. The van der Waals surface area contributed by atoms with Gasteiger partial charge in [-0.1, -0.05) is 18.7 Å². The Kier molecular flexibility index (Phi) is 5.96. The van der Waals surface area contributed by atoms with Gasteiger partial charge in [-0.15, -0.1) is 11.3 Å². The third-order valence-electron chi connectivity index (χ3n) is 2.87. The fourth-order valence-electron chi connectivity index (χ4n) is 1.60. The van der Waals surface area contributed by atoms with Crippen LogP contribution in [0.3, 0.4) is 0 Å². The van der Waals surface area contributed by atoms with Crippen molar-refractivity contribution in [1.29, 1.82) is 5.26 Å². The number of nitrogens with zero attached hydrogens (tertiary/aromatic N) is 2. The first-order valence-electron chi connectivity index (χ1n) is 5.81. The summed E-state index contributed by atoms with van der Waals surface area (Å²) in [6.45, 7) is 4.07. The summed E-state index contributed by atoms with van der Waals surface area (Å²) < 4.78 is 1.13. The van der Waals surface area contributed by atoms with Crippen LogP contribution in [0.5, 0.6) is 0 Å². The quantitative estimate of drug-likeness (QED) is 0.610. The summed E-state index contributed by atoms with van der Waals surface area (Å²) in [7, 11) is 1.87. The van der Waals surface area contributed by atoms with Crippen molar-refractivity contribution in [3.63, 3.8) is 0 Å². The van der Waals surface area contributed by atoms with Crippen molar-refractivity contribution in [3.8, 4) is 6.07 Å². The van der Waals surface area contributed by atoms with Gasteiger partial charge in [-0.05, 0) is 33.2 Å². The zero-order chi connectivity index (χ0) is 12.7. The van der Waals surface area contributed by atoms with Gasteiger partial charge in [0.25, 0.3) is 0 Å². The van der Waals surface area contributed by atoms with Crippen molar-refractivity contribution in [2.45, 2.75) is 43.0 Å². The van der Waals surface area contributed by atoms with Crippen molar-refractivity contribution in [1.82, 2.24) is 10.3 Å². The van der Waals surface area contributed by atoms with Crippen molar-refractivity contribution in [2.75, 3.05) is 12.8 Å². The van der Waals surface area contributed by atoms with Crippen LogP contribution in [0, 0.1) is 18.3 Å². The first-order valence-corrected chi connectivity index (χ1v) is 7.67. The molecular weight excluding hydrogens is 250 g/mol. The van der Waals surface area contributed by atoms with Gasteiger partial charge >= 0.3 is 0 Å². The molecule has 1 atom stereocenters. The highest BCUT2D eigenvalue weighted by Crippen LogP contribution is 2.25. The summed E-state index contributed by atoms with van der Waals surface area (Å²) in [5.41, 5.74) is 0.743. The average Bonchev–Trinajstić information content (AvgIpc) is 2.76. The summed E-state index contributed by atoms with van der Waals surface area (Å²) in [5.74, 6) is 1.03. The van der Waals surface area contributed by atoms with Crippen molar-refractivity contribution >= 4 is 23.1 Å². The van der Waals surface area contributed by atoms with E-state index in [0.717, 1.165) is 35.0 Å². The molecule has 1 aromatic heterocycles. The number of rotatable bonds is 7. The predicted molar refractivity (Wildman–Crippen MR) is 74.5 cm³/mol. The third-order valence-corrected chi connectivity index (χ3v) is 5.09. The molecule has 0 amide bonds. The molecule has 5 heteroatoms. The second kappa shape index (κ2) is 7.00. The number of hydrogen-bond acceptors (Lipinski definition) is 5. The van der Waals surface area contributed by atoms with Gasteiger partial charge in [-0.3, -0.25) is 0 Å². The van der Waals surface area contributed by atoms with E-state index in [1.165, 1.54) is 0 Å². The molecule has 1 heterocycles.